The van der Waals surface area contributed by atoms with Crippen molar-refractivity contribution in [3.8, 4) is 12.1 Å². The molecule has 1 heterocycles. The van der Waals surface area contributed by atoms with Crippen LogP contribution in [0.5, 0.6) is 0 Å². The molecule has 0 aromatic heterocycles. The highest BCUT2D eigenvalue weighted by atomic mass is 16.6. The zero-order valence-electron chi connectivity index (χ0n) is 19.7. The summed E-state index contributed by atoms with van der Waals surface area (Å²) in [4.78, 5) is 29.3. The van der Waals surface area contributed by atoms with Gasteiger partial charge in [-0.05, 0) is 38.5 Å². The van der Waals surface area contributed by atoms with Gasteiger partial charge in [0.05, 0.1) is 29.8 Å². The Balaban J connectivity index is 1.79. The minimum atomic E-state index is -0.748. The van der Waals surface area contributed by atoms with Crippen molar-refractivity contribution < 1.29 is 19.1 Å². The number of benzene rings is 2. The van der Waals surface area contributed by atoms with E-state index in [1.165, 1.54) is 4.90 Å². The Bertz CT molecular complexity index is 1130. The maximum Gasteiger partial charge on any atom is 0.410 e. The lowest BCUT2D eigenvalue weighted by Crippen LogP contribution is -2.58. The first-order valence-corrected chi connectivity index (χ1v) is 11.1. The summed E-state index contributed by atoms with van der Waals surface area (Å²) in [7, 11) is 0. The molecule has 1 unspecified atom stereocenters. The fourth-order valence-corrected chi connectivity index (χ4v) is 3.71. The lowest BCUT2D eigenvalue weighted by Gasteiger charge is -2.40. The third-order valence-electron chi connectivity index (χ3n) is 5.43. The number of hydrogen-bond acceptors (Lipinski definition) is 7. The standard InChI is InChI=1S/C26H28N4O4/c1-26(2,3)34-25(32)30-13-12-29(16-21-10-6-4-8-19(21)14-27)23(17-30)24(31)33-18-22-11-7-5-9-20(22)15-28/h4-11,23H,12-13,16-18H2,1-3H3. The number of hydrogen-bond donors (Lipinski definition) is 0. The fraction of sp³-hybridized carbons (Fsp3) is 0.385. The van der Waals surface area contributed by atoms with E-state index in [-0.39, 0.29) is 13.2 Å². The van der Waals surface area contributed by atoms with Crippen molar-refractivity contribution in [2.75, 3.05) is 19.6 Å². The van der Waals surface area contributed by atoms with E-state index in [0.717, 1.165) is 5.56 Å². The van der Waals surface area contributed by atoms with Crippen LogP contribution in [0.1, 0.15) is 43.0 Å². The van der Waals surface area contributed by atoms with Gasteiger partial charge in [-0.25, -0.2) is 4.79 Å². The van der Waals surface area contributed by atoms with Crippen LogP contribution in [0.2, 0.25) is 0 Å². The van der Waals surface area contributed by atoms with Crippen LogP contribution in [0.3, 0.4) is 0 Å². The van der Waals surface area contributed by atoms with Crippen LogP contribution in [0.4, 0.5) is 4.79 Å². The number of nitrogens with zero attached hydrogens (tertiary/aromatic N) is 4. The molecule has 1 amide bonds. The number of nitriles is 2. The Kier molecular flexibility index (Phi) is 7.88. The molecule has 1 fully saturated rings. The zero-order chi connectivity index (χ0) is 24.7. The van der Waals surface area contributed by atoms with Crippen molar-refractivity contribution in [2.24, 2.45) is 0 Å². The van der Waals surface area contributed by atoms with Gasteiger partial charge < -0.3 is 14.4 Å². The number of rotatable bonds is 5. The summed E-state index contributed by atoms with van der Waals surface area (Å²) < 4.78 is 11.1. The Morgan fingerprint density at radius 2 is 1.56 bits per heavy atom. The molecular formula is C26H28N4O4. The predicted molar refractivity (Wildman–Crippen MR) is 124 cm³/mol. The van der Waals surface area contributed by atoms with Crippen molar-refractivity contribution in [1.82, 2.24) is 9.80 Å². The van der Waals surface area contributed by atoms with Gasteiger partial charge >= 0.3 is 12.1 Å². The summed E-state index contributed by atoms with van der Waals surface area (Å²) in [6.07, 6.45) is -0.489. The first kappa shape index (κ1) is 24.8. The van der Waals surface area contributed by atoms with Crippen LogP contribution < -0.4 is 0 Å². The smallest absolute Gasteiger partial charge is 0.410 e. The van der Waals surface area contributed by atoms with Gasteiger partial charge in [0.2, 0.25) is 0 Å². The Morgan fingerprint density at radius 1 is 0.971 bits per heavy atom. The largest absolute Gasteiger partial charge is 0.460 e. The topological polar surface area (TPSA) is 107 Å². The summed E-state index contributed by atoms with van der Waals surface area (Å²) in [6.45, 7) is 6.57. The van der Waals surface area contributed by atoms with Gasteiger partial charge in [-0.3, -0.25) is 9.69 Å². The average molecular weight is 461 g/mol. The van der Waals surface area contributed by atoms with E-state index in [9.17, 15) is 20.1 Å². The molecule has 0 N–H and O–H groups in total. The zero-order valence-corrected chi connectivity index (χ0v) is 19.7. The maximum absolute atomic E-state index is 13.2. The molecule has 8 heteroatoms. The second kappa shape index (κ2) is 10.8. The average Bonchev–Trinajstić information content (AvgIpc) is 2.82. The molecule has 176 valence electrons. The van der Waals surface area contributed by atoms with Crippen LogP contribution >= 0.6 is 0 Å². The normalized spacial score (nSPS) is 16.3. The quantitative estimate of drug-likeness (QED) is 0.628. The molecule has 1 saturated heterocycles. The van der Waals surface area contributed by atoms with Gasteiger partial charge in [0.1, 0.15) is 18.2 Å². The Labute approximate surface area is 199 Å². The molecule has 2 aromatic carbocycles. The van der Waals surface area contributed by atoms with Gasteiger partial charge in [-0.2, -0.15) is 10.5 Å². The van der Waals surface area contributed by atoms with Gasteiger partial charge in [-0.15, -0.1) is 0 Å². The molecule has 0 spiro atoms. The monoisotopic (exact) mass is 460 g/mol. The van der Waals surface area contributed by atoms with Gasteiger partial charge in [-0.1, -0.05) is 36.4 Å². The van der Waals surface area contributed by atoms with Crippen molar-refractivity contribution in [1.29, 1.82) is 10.5 Å². The predicted octanol–water partition coefficient (Wildman–Crippen LogP) is 3.59. The van der Waals surface area contributed by atoms with E-state index in [1.807, 2.05) is 17.0 Å². The number of esters is 1. The van der Waals surface area contributed by atoms with E-state index in [0.29, 0.717) is 36.3 Å². The van der Waals surface area contributed by atoms with Crippen molar-refractivity contribution >= 4 is 12.1 Å². The van der Waals surface area contributed by atoms with Crippen LogP contribution in [0.25, 0.3) is 0 Å². The highest BCUT2D eigenvalue weighted by Gasteiger charge is 2.37. The highest BCUT2D eigenvalue weighted by molar-refractivity contribution is 5.78. The summed E-state index contributed by atoms with van der Waals surface area (Å²) in [5, 5.41) is 18.7. The van der Waals surface area contributed by atoms with Crippen LogP contribution in [-0.4, -0.2) is 53.1 Å². The van der Waals surface area contributed by atoms with E-state index in [1.54, 1.807) is 57.2 Å². The molecule has 8 nitrogen and oxygen atoms in total. The minimum Gasteiger partial charge on any atom is -0.460 e. The van der Waals surface area contributed by atoms with Crippen molar-refractivity contribution in [2.45, 2.75) is 45.6 Å². The fourth-order valence-electron chi connectivity index (χ4n) is 3.71. The van der Waals surface area contributed by atoms with E-state index in [2.05, 4.69) is 12.1 Å². The molecule has 1 aliphatic heterocycles. The molecule has 34 heavy (non-hydrogen) atoms. The molecule has 0 bridgehead atoms. The van der Waals surface area contributed by atoms with E-state index in [4.69, 9.17) is 9.47 Å². The second-order valence-electron chi connectivity index (χ2n) is 9.06. The summed E-state index contributed by atoms with van der Waals surface area (Å²) >= 11 is 0. The van der Waals surface area contributed by atoms with E-state index >= 15 is 0 Å². The lowest BCUT2D eigenvalue weighted by molar-refractivity contribution is -0.154. The molecule has 0 saturated carbocycles. The van der Waals surface area contributed by atoms with Crippen LogP contribution in [0, 0.1) is 22.7 Å². The number of piperazine rings is 1. The molecule has 1 aliphatic rings. The SMILES string of the molecule is CC(C)(C)OC(=O)N1CCN(Cc2ccccc2C#N)C(C(=O)OCc2ccccc2C#N)C1. The molecular weight excluding hydrogens is 432 g/mol. The first-order valence-electron chi connectivity index (χ1n) is 11.1. The minimum absolute atomic E-state index is 0.0475. The summed E-state index contributed by atoms with van der Waals surface area (Å²) in [5.41, 5.74) is 1.72. The Morgan fingerprint density at radius 3 is 2.18 bits per heavy atom. The lowest BCUT2D eigenvalue weighted by atomic mass is 10.1. The van der Waals surface area contributed by atoms with Crippen molar-refractivity contribution in [3.63, 3.8) is 0 Å². The van der Waals surface area contributed by atoms with Crippen LogP contribution in [-0.2, 0) is 27.4 Å². The molecule has 3 rings (SSSR count). The molecule has 0 radical (unpaired) electrons. The van der Waals surface area contributed by atoms with Gasteiger partial charge in [0, 0.05) is 25.2 Å². The summed E-state index contributed by atoms with van der Waals surface area (Å²) in [6, 6.07) is 17.7. The number of ether oxygens (including phenoxy) is 2. The third-order valence-corrected chi connectivity index (χ3v) is 5.43. The molecule has 0 aliphatic carbocycles. The number of carbonyl (C=O) groups is 2. The van der Waals surface area contributed by atoms with Gasteiger partial charge in [0.25, 0.3) is 0 Å². The number of amides is 1. The molecule has 2 aromatic rings. The van der Waals surface area contributed by atoms with E-state index < -0.39 is 23.7 Å². The first-order chi connectivity index (χ1) is 16.2. The van der Waals surface area contributed by atoms with Crippen molar-refractivity contribution in [3.05, 3.63) is 70.8 Å². The highest BCUT2D eigenvalue weighted by Crippen LogP contribution is 2.20. The maximum atomic E-state index is 13.2. The second-order valence-corrected chi connectivity index (χ2v) is 9.06. The number of carbonyl (C=O) groups excluding carboxylic acids is 2. The third kappa shape index (κ3) is 6.34. The van der Waals surface area contributed by atoms with Gasteiger partial charge in [0.15, 0.2) is 0 Å². The molecule has 1 atom stereocenters. The summed E-state index contributed by atoms with van der Waals surface area (Å²) in [5.74, 6) is -0.504. The van der Waals surface area contributed by atoms with Crippen LogP contribution in [0.15, 0.2) is 48.5 Å². The Hall–Kier alpha value is -3.88.